The molecule has 3 aliphatic rings. The molecular weight excluding hydrogens is 254 g/mol. The third-order valence-corrected chi connectivity index (χ3v) is 5.02. The minimum Gasteiger partial charge on any atom is -0.377 e. The summed E-state index contributed by atoms with van der Waals surface area (Å²) in [4.78, 5) is 14.5. The van der Waals surface area contributed by atoms with Gasteiger partial charge in [-0.3, -0.25) is 9.69 Å². The van der Waals surface area contributed by atoms with Gasteiger partial charge >= 0.3 is 0 Å². The zero-order valence-electron chi connectivity index (χ0n) is 12.4. The molecular formula is C15H27N3O2. The molecule has 0 bridgehead atoms. The molecule has 5 nitrogen and oxygen atoms in total. The first-order chi connectivity index (χ1) is 9.59. The predicted molar refractivity (Wildman–Crippen MR) is 77.3 cm³/mol. The quantitative estimate of drug-likeness (QED) is 0.793. The van der Waals surface area contributed by atoms with Crippen LogP contribution < -0.4 is 11.1 Å². The predicted octanol–water partition coefficient (Wildman–Crippen LogP) is 0.626. The van der Waals surface area contributed by atoms with Gasteiger partial charge in [-0.15, -0.1) is 0 Å². The lowest BCUT2D eigenvalue weighted by molar-refractivity contribution is -0.124. The zero-order chi connectivity index (χ0) is 14.2. The largest absolute Gasteiger partial charge is 0.377 e. The Hall–Kier alpha value is -0.650. The normalized spacial score (nSPS) is 39.6. The number of ether oxygens (including phenoxy) is 1. The smallest absolute Gasteiger partial charge is 0.237 e. The maximum absolute atomic E-state index is 12.0. The number of nitrogens with one attached hydrogen (secondary N) is 1. The maximum Gasteiger partial charge on any atom is 0.237 e. The van der Waals surface area contributed by atoms with Crippen LogP contribution in [0.5, 0.6) is 0 Å². The van der Waals surface area contributed by atoms with Crippen molar-refractivity contribution in [2.24, 2.45) is 5.73 Å². The Morgan fingerprint density at radius 1 is 1.40 bits per heavy atom. The lowest BCUT2D eigenvalue weighted by atomic mass is 9.96. The Morgan fingerprint density at radius 2 is 2.20 bits per heavy atom. The monoisotopic (exact) mass is 281 g/mol. The highest BCUT2D eigenvalue weighted by atomic mass is 16.5. The number of rotatable bonds is 4. The summed E-state index contributed by atoms with van der Waals surface area (Å²) in [5.41, 5.74) is 5.26. The molecule has 20 heavy (non-hydrogen) atoms. The summed E-state index contributed by atoms with van der Waals surface area (Å²) in [6, 6.07) is 0.991. The first-order valence-corrected chi connectivity index (χ1v) is 8.02. The van der Waals surface area contributed by atoms with Gasteiger partial charge in [0.1, 0.15) is 0 Å². The van der Waals surface area contributed by atoms with Crippen LogP contribution in [0.25, 0.3) is 0 Å². The third-order valence-electron chi connectivity index (χ3n) is 5.02. The summed E-state index contributed by atoms with van der Waals surface area (Å²) in [7, 11) is 0. The number of carbonyl (C=O) groups excluding carboxylic acids is 1. The van der Waals surface area contributed by atoms with Crippen LogP contribution in [0.2, 0.25) is 0 Å². The summed E-state index contributed by atoms with van der Waals surface area (Å²) in [6.45, 7) is 5.04. The molecule has 1 saturated heterocycles. The highest BCUT2D eigenvalue weighted by molar-refractivity contribution is 5.85. The Morgan fingerprint density at radius 3 is 2.90 bits per heavy atom. The molecule has 2 aliphatic carbocycles. The summed E-state index contributed by atoms with van der Waals surface area (Å²) in [5.74, 6) is -0.161. The van der Waals surface area contributed by atoms with Crippen LogP contribution in [0, 0.1) is 0 Å². The fourth-order valence-corrected chi connectivity index (χ4v) is 3.73. The Bertz CT molecular complexity index is 372. The number of hydrogen-bond acceptors (Lipinski definition) is 4. The molecule has 3 atom stereocenters. The summed E-state index contributed by atoms with van der Waals surface area (Å²) < 4.78 is 5.72. The van der Waals surface area contributed by atoms with Crippen molar-refractivity contribution in [2.45, 2.75) is 69.2 Å². The molecule has 3 rings (SSSR count). The topological polar surface area (TPSA) is 67.6 Å². The van der Waals surface area contributed by atoms with E-state index < -0.39 is 5.54 Å². The first kappa shape index (κ1) is 14.3. The highest BCUT2D eigenvalue weighted by Crippen LogP contribution is 2.36. The van der Waals surface area contributed by atoms with E-state index in [-0.39, 0.29) is 12.0 Å². The van der Waals surface area contributed by atoms with Crippen molar-refractivity contribution in [3.8, 4) is 0 Å². The second-order valence-corrected chi connectivity index (χ2v) is 6.79. The van der Waals surface area contributed by atoms with Gasteiger partial charge in [0.2, 0.25) is 5.91 Å². The fraction of sp³-hybridized carbons (Fsp3) is 0.933. The summed E-state index contributed by atoms with van der Waals surface area (Å²) >= 11 is 0. The van der Waals surface area contributed by atoms with Gasteiger partial charge in [-0.05, 0) is 45.4 Å². The number of nitrogens with two attached hydrogens (primary N) is 1. The Balaban J connectivity index is 1.65. The zero-order valence-corrected chi connectivity index (χ0v) is 12.4. The molecule has 3 unspecified atom stereocenters. The van der Waals surface area contributed by atoms with E-state index in [4.69, 9.17) is 10.5 Å². The van der Waals surface area contributed by atoms with E-state index in [1.165, 1.54) is 12.8 Å². The van der Waals surface area contributed by atoms with Gasteiger partial charge in [0.15, 0.2) is 0 Å². The number of amides is 1. The minimum absolute atomic E-state index is 0.161. The SMILES string of the molecule is CC1CN(C2CCC(NC3CC3)(C(N)=O)C2)CCCO1. The molecule has 1 amide bonds. The maximum atomic E-state index is 12.0. The molecule has 0 aromatic carbocycles. The molecule has 5 heteroatoms. The second kappa shape index (κ2) is 5.62. The molecule has 3 fully saturated rings. The Labute approximate surface area is 121 Å². The molecule has 114 valence electrons. The van der Waals surface area contributed by atoms with Crippen LogP contribution in [0.15, 0.2) is 0 Å². The van der Waals surface area contributed by atoms with Gasteiger partial charge < -0.3 is 15.8 Å². The van der Waals surface area contributed by atoms with E-state index in [0.29, 0.717) is 12.1 Å². The van der Waals surface area contributed by atoms with Gasteiger partial charge in [-0.2, -0.15) is 0 Å². The minimum atomic E-state index is -0.456. The van der Waals surface area contributed by atoms with Crippen LogP contribution in [-0.2, 0) is 9.53 Å². The molecule has 1 heterocycles. The van der Waals surface area contributed by atoms with Crippen LogP contribution in [0.4, 0.5) is 0 Å². The van der Waals surface area contributed by atoms with E-state index in [9.17, 15) is 4.79 Å². The van der Waals surface area contributed by atoms with E-state index in [1.807, 2.05) is 0 Å². The van der Waals surface area contributed by atoms with E-state index >= 15 is 0 Å². The van der Waals surface area contributed by atoms with Crippen LogP contribution >= 0.6 is 0 Å². The summed E-state index contributed by atoms with van der Waals surface area (Å²) in [5, 5.41) is 3.53. The molecule has 0 aromatic heterocycles. The molecule has 2 saturated carbocycles. The van der Waals surface area contributed by atoms with Gasteiger partial charge in [0, 0.05) is 31.8 Å². The van der Waals surface area contributed by atoms with Crippen molar-refractivity contribution in [3.05, 3.63) is 0 Å². The second-order valence-electron chi connectivity index (χ2n) is 6.79. The van der Waals surface area contributed by atoms with E-state index in [1.54, 1.807) is 0 Å². The van der Waals surface area contributed by atoms with E-state index in [0.717, 1.165) is 45.4 Å². The number of nitrogens with zero attached hydrogens (tertiary/aromatic N) is 1. The van der Waals surface area contributed by atoms with Crippen molar-refractivity contribution in [3.63, 3.8) is 0 Å². The third kappa shape index (κ3) is 3.00. The first-order valence-electron chi connectivity index (χ1n) is 8.02. The molecule has 1 aliphatic heterocycles. The van der Waals surface area contributed by atoms with Crippen molar-refractivity contribution in [1.29, 1.82) is 0 Å². The number of hydrogen-bond donors (Lipinski definition) is 2. The van der Waals surface area contributed by atoms with Gasteiger partial charge in [-0.1, -0.05) is 0 Å². The lowest BCUT2D eigenvalue weighted by Gasteiger charge is -2.31. The number of carbonyl (C=O) groups is 1. The standard InChI is InChI=1S/C15H27N3O2/c1-11-10-18(7-2-8-20-11)13-5-6-15(9-13,14(16)19)17-12-3-4-12/h11-13,17H,2-10H2,1H3,(H2,16,19). The summed E-state index contributed by atoms with van der Waals surface area (Å²) in [6.07, 6.45) is 6.57. The molecule has 0 spiro atoms. The number of primary amides is 1. The van der Waals surface area contributed by atoms with Gasteiger partial charge in [0.05, 0.1) is 11.6 Å². The van der Waals surface area contributed by atoms with Crippen molar-refractivity contribution >= 4 is 5.91 Å². The lowest BCUT2D eigenvalue weighted by Crippen LogP contribution is -2.55. The molecule has 0 radical (unpaired) electrons. The molecule has 3 N–H and O–H groups in total. The van der Waals surface area contributed by atoms with Crippen molar-refractivity contribution in [2.75, 3.05) is 19.7 Å². The van der Waals surface area contributed by atoms with Gasteiger partial charge in [-0.25, -0.2) is 0 Å². The van der Waals surface area contributed by atoms with Crippen LogP contribution in [0.1, 0.15) is 45.4 Å². The Kier molecular flexibility index (Phi) is 4.02. The molecule has 0 aromatic rings. The fourth-order valence-electron chi connectivity index (χ4n) is 3.73. The van der Waals surface area contributed by atoms with Crippen LogP contribution in [-0.4, -0.2) is 54.2 Å². The van der Waals surface area contributed by atoms with Gasteiger partial charge in [0.25, 0.3) is 0 Å². The van der Waals surface area contributed by atoms with E-state index in [2.05, 4.69) is 17.1 Å². The average molecular weight is 281 g/mol. The highest BCUT2D eigenvalue weighted by Gasteiger charge is 2.48. The van der Waals surface area contributed by atoms with Crippen molar-refractivity contribution in [1.82, 2.24) is 10.2 Å². The van der Waals surface area contributed by atoms with Crippen molar-refractivity contribution < 1.29 is 9.53 Å². The van der Waals surface area contributed by atoms with Crippen LogP contribution in [0.3, 0.4) is 0 Å². The average Bonchev–Trinajstić information content (AvgIpc) is 3.14.